The van der Waals surface area contributed by atoms with Gasteiger partial charge in [-0.2, -0.15) is 10.1 Å². The van der Waals surface area contributed by atoms with Crippen molar-refractivity contribution in [3.05, 3.63) is 36.7 Å². The quantitative estimate of drug-likeness (QED) is 0.462. The van der Waals surface area contributed by atoms with Crippen LogP contribution >= 0.6 is 11.3 Å². The molecule has 1 aliphatic heterocycles. The molecule has 4 aromatic rings. The van der Waals surface area contributed by atoms with Gasteiger partial charge in [0.15, 0.2) is 10.8 Å². The monoisotopic (exact) mass is 425 g/mol. The summed E-state index contributed by atoms with van der Waals surface area (Å²) in [6.45, 7) is 1.15. The molecular weight excluding hydrogens is 405 g/mol. The van der Waals surface area contributed by atoms with Crippen LogP contribution in [0, 0.1) is 0 Å². The Morgan fingerprint density at radius 3 is 2.90 bits per heavy atom. The minimum absolute atomic E-state index is 0.110. The molecule has 0 bridgehead atoms. The number of alkyl halides is 1. The largest absolute Gasteiger partial charge is 0.507 e. The van der Waals surface area contributed by atoms with Gasteiger partial charge in [-0.25, -0.2) is 4.39 Å². The minimum Gasteiger partial charge on any atom is -0.507 e. The van der Waals surface area contributed by atoms with Crippen molar-refractivity contribution in [2.45, 2.75) is 18.6 Å². The number of aromatic hydroxyl groups is 1. The van der Waals surface area contributed by atoms with Crippen molar-refractivity contribution >= 4 is 26.8 Å². The van der Waals surface area contributed by atoms with Crippen molar-refractivity contribution in [2.24, 2.45) is 0 Å². The molecule has 3 aromatic heterocycles. The average Bonchev–Trinajstić information content (AvgIpc) is 3.43. The highest BCUT2D eigenvalue weighted by Gasteiger charge is 2.29. The molecule has 0 aliphatic carbocycles. The number of nitrogens with zero attached hydrogens (tertiary/aromatic N) is 5. The number of piperidine rings is 1. The molecule has 5 rings (SSSR count). The van der Waals surface area contributed by atoms with E-state index in [-0.39, 0.29) is 11.8 Å². The zero-order valence-corrected chi connectivity index (χ0v) is 17.0. The highest BCUT2D eigenvalue weighted by Crippen LogP contribution is 2.35. The zero-order chi connectivity index (χ0) is 20.7. The molecule has 2 atom stereocenters. The van der Waals surface area contributed by atoms with E-state index < -0.39 is 6.17 Å². The third-order valence-electron chi connectivity index (χ3n) is 5.42. The van der Waals surface area contributed by atoms with Gasteiger partial charge in [-0.3, -0.25) is 5.10 Å². The maximum Gasteiger partial charge on any atom is 0.194 e. The van der Waals surface area contributed by atoms with Crippen LogP contribution in [0.4, 0.5) is 9.52 Å². The molecule has 8 nitrogen and oxygen atoms in total. The first kappa shape index (κ1) is 18.9. The van der Waals surface area contributed by atoms with Crippen molar-refractivity contribution in [3.63, 3.8) is 0 Å². The first-order valence-corrected chi connectivity index (χ1v) is 10.5. The first-order valence-electron chi connectivity index (χ1n) is 9.64. The van der Waals surface area contributed by atoms with Crippen LogP contribution < -0.4 is 10.2 Å². The Hall–Kier alpha value is -3.11. The zero-order valence-electron chi connectivity index (χ0n) is 16.2. The van der Waals surface area contributed by atoms with Gasteiger partial charge in [-0.15, -0.1) is 10.2 Å². The van der Waals surface area contributed by atoms with E-state index in [0.29, 0.717) is 28.6 Å². The SMILES string of the molecule is CN(c1nc2nnc(-c3ccc(-c4cn[nH]c4)cc3O)cc2s1)[C@H]1CCNC[C@H]1F. The lowest BCUT2D eigenvalue weighted by Gasteiger charge is -2.33. The number of phenols is 1. The second kappa shape index (κ2) is 7.62. The van der Waals surface area contributed by atoms with Gasteiger partial charge in [0.1, 0.15) is 11.9 Å². The van der Waals surface area contributed by atoms with Crippen molar-refractivity contribution < 1.29 is 9.50 Å². The number of fused-ring (bicyclic) bond motifs is 1. The smallest absolute Gasteiger partial charge is 0.194 e. The van der Waals surface area contributed by atoms with Crippen LogP contribution in [-0.4, -0.2) is 62.8 Å². The Kier molecular flexibility index (Phi) is 4.80. The number of hydrogen-bond acceptors (Lipinski definition) is 8. The van der Waals surface area contributed by atoms with Crippen LogP contribution in [0.25, 0.3) is 32.7 Å². The van der Waals surface area contributed by atoms with Crippen molar-refractivity contribution in [3.8, 4) is 28.1 Å². The van der Waals surface area contributed by atoms with E-state index in [9.17, 15) is 9.50 Å². The lowest BCUT2D eigenvalue weighted by atomic mass is 10.0. The van der Waals surface area contributed by atoms with Crippen molar-refractivity contribution in [1.82, 2.24) is 30.7 Å². The van der Waals surface area contributed by atoms with E-state index in [1.165, 1.54) is 11.3 Å². The van der Waals surface area contributed by atoms with Gasteiger partial charge < -0.3 is 15.3 Å². The van der Waals surface area contributed by atoms with E-state index in [1.54, 1.807) is 18.5 Å². The second-order valence-corrected chi connectivity index (χ2v) is 8.33. The maximum atomic E-state index is 14.3. The molecule has 0 unspecified atom stereocenters. The topological polar surface area (TPSA) is 103 Å². The number of aromatic nitrogens is 5. The maximum absolute atomic E-state index is 14.3. The Morgan fingerprint density at radius 1 is 1.23 bits per heavy atom. The summed E-state index contributed by atoms with van der Waals surface area (Å²) in [4.78, 5) is 6.44. The number of nitrogens with one attached hydrogen (secondary N) is 2. The van der Waals surface area contributed by atoms with Crippen molar-refractivity contribution in [1.29, 1.82) is 0 Å². The van der Waals surface area contributed by atoms with Crippen LogP contribution in [-0.2, 0) is 0 Å². The van der Waals surface area contributed by atoms with Gasteiger partial charge in [-0.05, 0) is 36.7 Å². The average molecular weight is 425 g/mol. The fourth-order valence-electron chi connectivity index (χ4n) is 3.74. The van der Waals surface area contributed by atoms with E-state index in [2.05, 4.69) is 30.7 Å². The van der Waals surface area contributed by atoms with E-state index in [0.717, 1.165) is 28.8 Å². The van der Waals surface area contributed by atoms with Gasteiger partial charge in [-0.1, -0.05) is 17.4 Å². The molecule has 0 spiro atoms. The molecule has 1 fully saturated rings. The summed E-state index contributed by atoms with van der Waals surface area (Å²) in [6, 6.07) is 7.04. The molecule has 0 saturated carbocycles. The Balaban J connectivity index is 1.45. The molecular formula is C20H20FN7OS. The molecule has 3 N–H and O–H groups in total. The number of phenolic OH excluding ortho intramolecular Hbond substituents is 1. The number of benzene rings is 1. The summed E-state index contributed by atoms with van der Waals surface area (Å²) in [6.07, 6.45) is 3.24. The minimum atomic E-state index is -0.942. The predicted molar refractivity (Wildman–Crippen MR) is 114 cm³/mol. The summed E-state index contributed by atoms with van der Waals surface area (Å²) in [5.41, 5.74) is 3.40. The van der Waals surface area contributed by atoms with Crippen LogP contribution in [0.2, 0.25) is 0 Å². The molecule has 1 aliphatic rings. The fourth-order valence-corrected chi connectivity index (χ4v) is 4.69. The number of halogens is 1. The Morgan fingerprint density at radius 2 is 2.13 bits per heavy atom. The Labute approximate surface area is 175 Å². The number of anilines is 1. The molecule has 1 aromatic carbocycles. The predicted octanol–water partition coefficient (Wildman–Crippen LogP) is 2.99. The van der Waals surface area contributed by atoms with E-state index >= 15 is 0 Å². The standard InChI is InChI=1S/C20H20FN7OS/c1-28(16-4-5-22-10-14(16)21)20-25-19-18(30-20)7-15(26-27-19)13-3-2-11(6-17(13)29)12-8-23-24-9-12/h2-3,6-9,14,16,22,29H,4-5,10H2,1H3,(H,23,24)/t14-,16+/m1/s1. The third-order valence-corrected chi connectivity index (χ3v) is 6.50. The molecule has 0 amide bonds. The van der Waals surface area contributed by atoms with Crippen LogP contribution in [0.1, 0.15) is 6.42 Å². The summed E-state index contributed by atoms with van der Waals surface area (Å²) >= 11 is 1.45. The molecule has 4 heterocycles. The van der Waals surface area contributed by atoms with Gasteiger partial charge >= 0.3 is 0 Å². The van der Waals surface area contributed by atoms with Gasteiger partial charge in [0.2, 0.25) is 0 Å². The molecule has 1 saturated heterocycles. The Bertz CT molecular complexity index is 1180. The molecule has 154 valence electrons. The molecule has 0 radical (unpaired) electrons. The second-order valence-electron chi connectivity index (χ2n) is 7.32. The van der Waals surface area contributed by atoms with Gasteiger partial charge in [0, 0.05) is 30.9 Å². The number of rotatable bonds is 4. The van der Waals surface area contributed by atoms with Gasteiger partial charge in [0.25, 0.3) is 0 Å². The van der Waals surface area contributed by atoms with Crippen LogP contribution in [0.3, 0.4) is 0 Å². The number of thiazole rings is 1. The lowest BCUT2D eigenvalue weighted by Crippen LogP contribution is -2.49. The van der Waals surface area contributed by atoms with Crippen molar-refractivity contribution in [2.75, 3.05) is 25.0 Å². The third kappa shape index (κ3) is 3.37. The van der Waals surface area contributed by atoms with Crippen LogP contribution in [0.15, 0.2) is 36.7 Å². The molecule has 10 heteroatoms. The summed E-state index contributed by atoms with van der Waals surface area (Å²) in [7, 11) is 1.87. The van der Waals surface area contributed by atoms with Crippen LogP contribution in [0.5, 0.6) is 5.75 Å². The highest BCUT2D eigenvalue weighted by atomic mass is 32.1. The normalized spacial score (nSPS) is 19.3. The lowest BCUT2D eigenvalue weighted by molar-refractivity contribution is 0.228. The molecule has 30 heavy (non-hydrogen) atoms. The number of hydrogen-bond donors (Lipinski definition) is 3. The van der Waals surface area contributed by atoms with Gasteiger partial charge in [0.05, 0.1) is 22.6 Å². The summed E-state index contributed by atoms with van der Waals surface area (Å²) in [5.74, 6) is 0.110. The first-order chi connectivity index (χ1) is 14.6. The van der Waals surface area contributed by atoms with E-state index in [1.807, 2.05) is 30.1 Å². The summed E-state index contributed by atoms with van der Waals surface area (Å²) < 4.78 is 15.2. The number of H-pyrrole nitrogens is 1. The highest BCUT2D eigenvalue weighted by molar-refractivity contribution is 7.22. The fraction of sp³-hybridized carbons (Fsp3) is 0.300. The summed E-state index contributed by atoms with van der Waals surface area (Å²) in [5, 5.41) is 29.5. The number of aromatic amines is 1. The van der Waals surface area contributed by atoms with E-state index in [4.69, 9.17) is 0 Å².